The van der Waals surface area contributed by atoms with Gasteiger partial charge in [-0.15, -0.1) is 5.10 Å². The molecule has 0 radical (unpaired) electrons. The molecule has 1 saturated carbocycles. The van der Waals surface area contributed by atoms with Crippen molar-refractivity contribution in [3.63, 3.8) is 0 Å². The zero-order chi connectivity index (χ0) is 12.5. The standard InChI is InChI=1S/C11H10N4O3/c16-8-3-1-2-7(12-8)9(17)13-11-15-14-10(18-11)6-4-5-6/h1-3,6H,4-5H2,(H,12,16)(H,13,15,17). The first-order valence-electron chi connectivity index (χ1n) is 5.56. The molecule has 2 aromatic heterocycles. The summed E-state index contributed by atoms with van der Waals surface area (Å²) in [6, 6.07) is 4.37. The monoisotopic (exact) mass is 246 g/mol. The molecule has 92 valence electrons. The number of carbonyl (C=O) groups is 1. The molecule has 1 aliphatic carbocycles. The minimum Gasteiger partial charge on any atom is -0.408 e. The van der Waals surface area contributed by atoms with Crippen molar-refractivity contribution in [3.05, 3.63) is 40.1 Å². The van der Waals surface area contributed by atoms with Gasteiger partial charge in [0.25, 0.3) is 5.91 Å². The Bertz CT molecular complexity index is 641. The van der Waals surface area contributed by atoms with Gasteiger partial charge < -0.3 is 9.40 Å². The Morgan fingerprint density at radius 3 is 2.94 bits per heavy atom. The van der Waals surface area contributed by atoms with Crippen molar-refractivity contribution in [3.8, 4) is 0 Å². The van der Waals surface area contributed by atoms with E-state index in [-0.39, 0.29) is 17.3 Å². The summed E-state index contributed by atoms with van der Waals surface area (Å²) in [7, 11) is 0. The molecule has 2 N–H and O–H groups in total. The van der Waals surface area contributed by atoms with Crippen LogP contribution in [0.2, 0.25) is 0 Å². The quantitative estimate of drug-likeness (QED) is 0.837. The van der Waals surface area contributed by atoms with Crippen LogP contribution in [0.5, 0.6) is 0 Å². The van der Waals surface area contributed by atoms with E-state index in [0.29, 0.717) is 11.8 Å². The third-order valence-electron chi connectivity index (χ3n) is 2.60. The summed E-state index contributed by atoms with van der Waals surface area (Å²) >= 11 is 0. The summed E-state index contributed by atoms with van der Waals surface area (Å²) in [6.07, 6.45) is 2.09. The average molecular weight is 246 g/mol. The van der Waals surface area contributed by atoms with Gasteiger partial charge in [-0.3, -0.25) is 14.9 Å². The predicted octanol–water partition coefficient (Wildman–Crippen LogP) is 0.888. The summed E-state index contributed by atoms with van der Waals surface area (Å²) < 4.78 is 5.28. The van der Waals surface area contributed by atoms with Crippen molar-refractivity contribution >= 4 is 11.9 Å². The van der Waals surface area contributed by atoms with Crippen LogP contribution in [0, 0.1) is 0 Å². The number of H-pyrrole nitrogens is 1. The normalized spacial score (nSPS) is 14.4. The molecule has 2 aromatic rings. The number of nitrogens with zero attached hydrogens (tertiary/aromatic N) is 2. The lowest BCUT2D eigenvalue weighted by molar-refractivity contribution is 0.101. The second kappa shape index (κ2) is 4.10. The van der Waals surface area contributed by atoms with Gasteiger partial charge in [-0.2, -0.15) is 0 Å². The number of hydrogen-bond acceptors (Lipinski definition) is 5. The first kappa shape index (κ1) is 10.7. The lowest BCUT2D eigenvalue weighted by atomic mass is 10.3. The number of anilines is 1. The topological polar surface area (TPSA) is 101 Å². The van der Waals surface area contributed by atoms with E-state index in [9.17, 15) is 9.59 Å². The van der Waals surface area contributed by atoms with Crippen LogP contribution >= 0.6 is 0 Å². The van der Waals surface area contributed by atoms with Crippen molar-refractivity contribution < 1.29 is 9.21 Å². The number of aromatic nitrogens is 3. The molecule has 0 atom stereocenters. The maximum absolute atomic E-state index is 11.8. The third kappa shape index (κ3) is 2.15. The van der Waals surface area contributed by atoms with Crippen molar-refractivity contribution in [2.45, 2.75) is 18.8 Å². The second-order valence-corrected chi connectivity index (χ2v) is 4.10. The van der Waals surface area contributed by atoms with Gasteiger partial charge in [0.1, 0.15) is 5.69 Å². The number of carbonyl (C=O) groups excluding carboxylic acids is 1. The van der Waals surface area contributed by atoms with Crippen molar-refractivity contribution in [2.24, 2.45) is 0 Å². The first-order valence-corrected chi connectivity index (χ1v) is 5.56. The molecule has 3 rings (SSSR count). The van der Waals surface area contributed by atoms with Crippen molar-refractivity contribution in [2.75, 3.05) is 5.32 Å². The molecule has 0 aromatic carbocycles. The number of hydrogen-bond donors (Lipinski definition) is 2. The minimum absolute atomic E-state index is 0.0478. The van der Waals surface area contributed by atoms with Gasteiger partial charge in [0.15, 0.2) is 0 Å². The average Bonchev–Trinajstić information content (AvgIpc) is 3.11. The van der Waals surface area contributed by atoms with E-state index in [4.69, 9.17) is 4.42 Å². The Kier molecular flexibility index (Phi) is 2.44. The molecule has 1 amide bonds. The van der Waals surface area contributed by atoms with E-state index in [0.717, 1.165) is 12.8 Å². The van der Waals surface area contributed by atoms with Gasteiger partial charge in [0.2, 0.25) is 11.4 Å². The Balaban J connectivity index is 1.75. The first-order chi connectivity index (χ1) is 8.72. The van der Waals surface area contributed by atoms with Crippen molar-refractivity contribution in [1.82, 2.24) is 15.2 Å². The van der Waals surface area contributed by atoms with Gasteiger partial charge in [-0.05, 0) is 18.9 Å². The molecular weight excluding hydrogens is 236 g/mol. The highest BCUT2D eigenvalue weighted by Crippen LogP contribution is 2.39. The molecule has 7 heteroatoms. The number of amides is 1. The number of aromatic amines is 1. The Morgan fingerprint density at radius 1 is 1.39 bits per heavy atom. The number of nitrogens with one attached hydrogen (secondary N) is 2. The largest absolute Gasteiger partial charge is 0.408 e. The number of rotatable bonds is 3. The van der Waals surface area contributed by atoms with E-state index in [1.807, 2.05) is 0 Å². The molecule has 2 heterocycles. The predicted molar refractivity (Wildman–Crippen MR) is 61.3 cm³/mol. The van der Waals surface area contributed by atoms with Crippen LogP contribution in [0.4, 0.5) is 6.01 Å². The SMILES string of the molecule is O=C(Nc1nnc(C2CC2)o1)c1cccc(=O)[nH]1. The van der Waals surface area contributed by atoms with Gasteiger partial charge >= 0.3 is 6.01 Å². The zero-order valence-corrected chi connectivity index (χ0v) is 9.34. The maximum Gasteiger partial charge on any atom is 0.322 e. The highest BCUT2D eigenvalue weighted by Gasteiger charge is 2.29. The van der Waals surface area contributed by atoms with E-state index in [1.54, 1.807) is 0 Å². The van der Waals surface area contributed by atoms with Gasteiger partial charge in [-0.1, -0.05) is 11.2 Å². The molecule has 0 aliphatic heterocycles. The fourth-order valence-corrected chi connectivity index (χ4v) is 1.53. The van der Waals surface area contributed by atoms with Crippen LogP contribution in [-0.4, -0.2) is 21.1 Å². The van der Waals surface area contributed by atoms with E-state index in [1.165, 1.54) is 18.2 Å². The highest BCUT2D eigenvalue weighted by molar-refractivity contribution is 6.01. The van der Waals surface area contributed by atoms with Gasteiger partial charge in [0.05, 0.1) is 0 Å². The maximum atomic E-state index is 11.8. The fraction of sp³-hybridized carbons (Fsp3) is 0.273. The second-order valence-electron chi connectivity index (χ2n) is 4.10. The molecule has 7 nitrogen and oxygen atoms in total. The summed E-state index contributed by atoms with van der Waals surface area (Å²) in [5.74, 6) is 0.394. The zero-order valence-electron chi connectivity index (χ0n) is 9.34. The van der Waals surface area contributed by atoms with E-state index in [2.05, 4.69) is 20.5 Å². The fourth-order valence-electron chi connectivity index (χ4n) is 1.53. The summed E-state index contributed by atoms with van der Waals surface area (Å²) in [5, 5.41) is 10.0. The molecule has 0 bridgehead atoms. The molecule has 18 heavy (non-hydrogen) atoms. The summed E-state index contributed by atoms with van der Waals surface area (Å²) in [4.78, 5) is 25.2. The molecule has 0 saturated heterocycles. The van der Waals surface area contributed by atoms with Crippen molar-refractivity contribution in [1.29, 1.82) is 0 Å². The van der Waals surface area contributed by atoms with Crippen LogP contribution in [-0.2, 0) is 0 Å². The van der Waals surface area contributed by atoms with Crippen LogP contribution in [0.25, 0.3) is 0 Å². The Hall–Kier alpha value is -2.44. The Labute approximate surface area is 101 Å². The third-order valence-corrected chi connectivity index (χ3v) is 2.60. The number of pyridine rings is 1. The van der Waals surface area contributed by atoms with Crippen LogP contribution in [0.1, 0.15) is 35.1 Å². The Morgan fingerprint density at radius 2 is 2.22 bits per heavy atom. The van der Waals surface area contributed by atoms with Crippen LogP contribution in [0.3, 0.4) is 0 Å². The van der Waals surface area contributed by atoms with Gasteiger partial charge in [0, 0.05) is 12.0 Å². The smallest absolute Gasteiger partial charge is 0.322 e. The molecule has 0 unspecified atom stereocenters. The van der Waals surface area contributed by atoms with E-state index < -0.39 is 5.91 Å². The van der Waals surface area contributed by atoms with Crippen LogP contribution < -0.4 is 10.9 Å². The van der Waals surface area contributed by atoms with Gasteiger partial charge in [-0.25, -0.2) is 0 Å². The lowest BCUT2D eigenvalue weighted by Crippen LogP contribution is -2.18. The highest BCUT2D eigenvalue weighted by atomic mass is 16.4. The summed E-state index contributed by atoms with van der Waals surface area (Å²) in [6.45, 7) is 0. The lowest BCUT2D eigenvalue weighted by Gasteiger charge is -1.99. The minimum atomic E-state index is -0.487. The van der Waals surface area contributed by atoms with E-state index >= 15 is 0 Å². The molecular formula is C11H10N4O3. The summed E-state index contributed by atoms with van der Waals surface area (Å²) in [5.41, 5.74) is -0.194. The van der Waals surface area contributed by atoms with Crippen LogP contribution in [0.15, 0.2) is 27.4 Å². The molecule has 1 aliphatic rings. The molecule has 0 spiro atoms. The molecule has 1 fully saturated rings.